The Bertz CT molecular complexity index is 261. The van der Waals surface area contributed by atoms with Gasteiger partial charge in [0.2, 0.25) is 5.91 Å². The van der Waals surface area contributed by atoms with E-state index in [4.69, 9.17) is 0 Å². The highest BCUT2D eigenvalue weighted by Crippen LogP contribution is 2.29. The van der Waals surface area contributed by atoms with E-state index in [0.717, 1.165) is 13.0 Å². The number of hydrogen-bond acceptors (Lipinski definition) is 2. The number of carbonyl (C=O) groups is 1. The van der Waals surface area contributed by atoms with Gasteiger partial charge in [-0.1, -0.05) is 34.6 Å². The van der Waals surface area contributed by atoms with Crippen LogP contribution < -0.4 is 5.32 Å². The second-order valence-electron chi connectivity index (χ2n) is 5.92. The first kappa shape index (κ1) is 13.5. The minimum atomic E-state index is -0.0205. The maximum atomic E-state index is 12.0. The van der Waals surface area contributed by atoms with E-state index < -0.39 is 0 Å². The van der Waals surface area contributed by atoms with E-state index in [1.54, 1.807) is 0 Å². The van der Waals surface area contributed by atoms with Crippen LogP contribution in [0.2, 0.25) is 0 Å². The molecule has 1 aliphatic heterocycles. The highest BCUT2D eigenvalue weighted by molar-refractivity contribution is 5.83. The lowest BCUT2D eigenvalue weighted by Crippen LogP contribution is -2.44. The van der Waals surface area contributed by atoms with Gasteiger partial charge in [-0.15, -0.1) is 0 Å². The zero-order chi connectivity index (χ0) is 12.5. The molecule has 0 spiro atoms. The third-order valence-corrected chi connectivity index (χ3v) is 4.00. The Morgan fingerprint density at radius 2 is 2.00 bits per heavy atom. The number of nitrogens with zero attached hydrogens (tertiary/aromatic N) is 1. The summed E-state index contributed by atoms with van der Waals surface area (Å²) in [5.74, 6) is 0.828. The predicted molar refractivity (Wildman–Crippen MR) is 67.0 cm³/mol. The molecule has 94 valence electrons. The Kier molecular flexibility index (Phi) is 4.00. The van der Waals surface area contributed by atoms with Gasteiger partial charge in [0, 0.05) is 6.54 Å². The molecule has 0 aromatic carbocycles. The molecular weight excluding hydrogens is 200 g/mol. The summed E-state index contributed by atoms with van der Waals surface area (Å²) in [5.41, 5.74) is 0.175. The number of nitrogens with one attached hydrogen (secondary N) is 1. The number of amides is 1. The van der Waals surface area contributed by atoms with E-state index in [-0.39, 0.29) is 23.5 Å². The maximum Gasteiger partial charge on any atom is 0.240 e. The van der Waals surface area contributed by atoms with Crippen LogP contribution in [0.4, 0.5) is 0 Å². The van der Waals surface area contributed by atoms with Gasteiger partial charge >= 0.3 is 0 Å². The molecule has 0 radical (unpaired) electrons. The third kappa shape index (κ3) is 2.57. The second-order valence-corrected chi connectivity index (χ2v) is 5.92. The molecular formula is C13H26N2O. The Morgan fingerprint density at radius 1 is 1.44 bits per heavy atom. The summed E-state index contributed by atoms with van der Waals surface area (Å²) in [4.78, 5) is 14.1. The summed E-state index contributed by atoms with van der Waals surface area (Å²) >= 11 is 0. The number of carbonyl (C=O) groups excluding carboxylic acids is 1. The fourth-order valence-corrected chi connectivity index (χ4v) is 2.00. The minimum absolute atomic E-state index is 0.0205. The third-order valence-electron chi connectivity index (χ3n) is 4.00. The summed E-state index contributed by atoms with van der Waals surface area (Å²) in [7, 11) is 0. The lowest BCUT2D eigenvalue weighted by Gasteiger charge is -2.36. The molecule has 1 N–H and O–H groups in total. The van der Waals surface area contributed by atoms with Crippen molar-refractivity contribution in [2.75, 3.05) is 6.54 Å². The lowest BCUT2D eigenvalue weighted by atomic mass is 9.80. The highest BCUT2D eigenvalue weighted by Gasteiger charge is 2.38. The molecule has 3 heteroatoms. The molecule has 0 aromatic rings. The van der Waals surface area contributed by atoms with Crippen LogP contribution in [0.25, 0.3) is 0 Å². The van der Waals surface area contributed by atoms with E-state index in [2.05, 4.69) is 39.9 Å². The van der Waals surface area contributed by atoms with Crippen molar-refractivity contribution in [1.29, 1.82) is 0 Å². The number of hydrogen-bond donors (Lipinski definition) is 1. The van der Waals surface area contributed by atoms with Crippen LogP contribution in [0.5, 0.6) is 0 Å². The van der Waals surface area contributed by atoms with Crippen molar-refractivity contribution in [2.45, 2.75) is 60.2 Å². The van der Waals surface area contributed by atoms with Crippen LogP contribution in [0.3, 0.4) is 0 Å². The van der Waals surface area contributed by atoms with Crippen molar-refractivity contribution < 1.29 is 4.79 Å². The van der Waals surface area contributed by atoms with E-state index in [9.17, 15) is 4.79 Å². The molecule has 1 saturated heterocycles. The van der Waals surface area contributed by atoms with Crippen LogP contribution in [0, 0.1) is 11.3 Å². The smallest absolute Gasteiger partial charge is 0.240 e. The molecule has 0 bridgehead atoms. The fraction of sp³-hybridized carbons (Fsp3) is 0.923. The van der Waals surface area contributed by atoms with Crippen LogP contribution >= 0.6 is 0 Å². The van der Waals surface area contributed by atoms with Gasteiger partial charge in [-0.25, -0.2) is 0 Å². The van der Waals surface area contributed by atoms with E-state index in [0.29, 0.717) is 5.92 Å². The molecule has 1 amide bonds. The lowest BCUT2D eigenvalue weighted by molar-refractivity contribution is -0.131. The van der Waals surface area contributed by atoms with Crippen LogP contribution in [-0.2, 0) is 4.79 Å². The van der Waals surface area contributed by atoms with Gasteiger partial charge in [0.25, 0.3) is 0 Å². The topological polar surface area (TPSA) is 32.3 Å². The highest BCUT2D eigenvalue weighted by atomic mass is 16.2. The van der Waals surface area contributed by atoms with Crippen LogP contribution in [-0.4, -0.2) is 29.6 Å². The van der Waals surface area contributed by atoms with Gasteiger partial charge in [0.1, 0.15) is 0 Å². The standard InChI is InChI=1S/C13H26N2O/c1-7-11-14-10(4)12(16)15(11)8-13(5,6)9(2)3/h9-11,14H,7-8H2,1-6H3. The molecule has 2 unspecified atom stereocenters. The van der Waals surface area contributed by atoms with Gasteiger partial charge < -0.3 is 4.90 Å². The molecule has 1 aliphatic rings. The summed E-state index contributed by atoms with van der Waals surface area (Å²) < 4.78 is 0. The van der Waals surface area contributed by atoms with E-state index in [1.165, 1.54) is 0 Å². The van der Waals surface area contributed by atoms with Crippen molar-refractivity contribution in [3.8, 4) is 0 Å². The SMILES string of the molecule is CCC1NC(C)C(=O)N1CC(C)(C)C(C)C. The van der Waals surface area contributed by atoms with Gasteiger partial charge in [-0.2, -0.15) is 0 Å². The first-order valence-electron chi connectivity index (χ1n) is 6.36. The van der Waals surface area contributed by atoms with E-state index in [1.807, 2.05) is 11.8 Å². The number of rotatable bonds is 4. The largest absolute Gasteiger partial charge is 0.325 e. The maximum absolute atomic E-state index is 12.0. The summed E-state index contributed by atoms with van der Waals surface area (Å²) in [6, 6.07) is -0.0205. The van der Waals surface area contributed by atoms with Crippen molar-refractivity contribution >= 4 is 5.91 Å². The minimum Gasteiger partial charge on any atom is -0.325 e. The Labute approximate surface area is 99.6 Å². The van der Waals surface area contributed by atoms with E-state index >= 15 is 0 Å². The quantitative estimate of drug-likeness (QED) is 0.797. The molecule has 1 rings (SSSR count). The summed E-state index contributed by atoms with van der Waals surface area (Å²) in [5, 5.41) is 3.34. The first-order valence-corrected chi connectivity index (χ1v) is 6.36. The van der Waals surface area contributed by atoms with Gasteiger partial charge in [-0.05, 0) is 24.7 Å². The molecule has 0 aliphatic carbocycles. The molecule has 0 aromatic heterocycles. The summed E-state index contributed by atoms with van der Waals surface area (Å²) in [6.45, 7) is 13.8. The van der Waals surface area contributed by atoms with Crippen molar-refractivity contribution in [3.63, 3.8) is 0 Å². The average molecular weight is 226 g/mol. The van der Waals surface area contributed by atoms with Crippen molar-refractivity contribution in [2.24, 2.45) is 11.3 Å². The zero-order valence-electron chi connectivity index (χ0n) is 11.5. The van der Waals surface area contributed by atoms with Crippen molar-refractivity contribution in [1.82, 2.24) is 10.2 Å². The molecule has 1 fully saturated rings. The van der Waals surface area contributed by atoms with Gasteiger partial charge in [-0.3, -0.25) is 10.1 Å². The monoisotopic (exact) mass is 226 g/mol. The Hall–Kier alpha value is -0.570. The fourth-order valence-electron chi connectivity index (χ4n) is 2.00. The average Bonchev–Trinajstić information content (AvgIpc) is 2.45. The molecule has 0 saturated carbocycles. The second kappa shape index (κ2) is 4.74. The van der Waals surface area contributed by atoms with Crippen LogP contribution in [0.1, 0.15) is 48.0 Å². The Balaban J connectivity index is 2.75. The van der Waals surface area contributed by atoms with Gasteiger partial charge in [0.15, 0.2) is 0 Å². The van der Waals surface area contributed by atoms with Gasteiger partial charge in [0.05, 0.1) is 12.2 Å². The zero-order valence-corrected chi connectivity index (χ0v) is 11.5. The van der Waals surface area contributed by atoms with Crippen molar-refractivity contribution in [3.05, 3.63) is 0 Å². The first-order chi connectivity index (χ1) is 7.29. The normalized spacial score (nSPS) is 26.9. The summed E-state index contributed by atoms with van der Waals surface area (Å²) in [6.07, 6.45) is 1.20. The van der Waals surface area contributed by atoms with Crippen LogP contribution in [0.15, 0.2) is 0 Å². The predicted octanol–water partition coefficient (Wildman–Crippen LogP) is 2.22. The molecule has 3 nitrogen and oxygen atoms in total. The molecule has 1 heterocycles. The molecule has 2 atom stereocenters. The Morgan fingerprint density at radius 3 is 2.44 bits per heavy atom. The molecule has 16 heavy (non-hydrogen) atoms.